The molecule has 0 aliphatic heterocycles. The van der Waals surface area contributed by atoms with E-state index in [1.54, 1.807) is 0 Å². The average Bonchev–Trinajstić information content (AvgIpc) is 2.74. The molecule has 0 radical (unpaired) electrons. The quantitative estimate of drug-likeness (QED) is 0.429. The molecule has 4 aliphatic carbocycles. The molecular formula is C28H44O2. The van der Waals surface area contributed by atoms with Gasteiger partial charge in [-0.2, -0.15) is 0 Å². The van der Waals surface area contributed by atoms with Crippen molar-refractivity contribution in [3.8, 4) is 11.5 Å². The standard InChI is InChI=1S/C26H38O2.C2H6/c1-16-17-8-9-22-25(3,20(17)15-21(27)23(16)28)12-10-19-18-7-5-6-11-24(18,2)13-14-26(19,22)4;1-2/h15,18-19,22,27-28H,5-14H2,1-4H3;1-2H3. The minimum Gasteiger partial charge on any atom is -0.504 e. The van der Waals surface area contributed by atoms with Crippen LogP contribution in [0.25, 0.3) is 0 Å². The molecule has 2 nitrogen and oxygen atoms in total. The van der Waals surface area contributed by atoms with Crippen molar-refractivity contribution in [2.45, 2.75) is 111 Å². The van der Waals surface area contributed by atoms with Crippen molar-refractivity contribution in [1.29, 1.82) is 0 Å². The highest BCUT2D eigenvalue weighted by Crippen LogP contribution is 2.69. The molecule has 6 unspecified atom stereocenters. The van der Waals surface area contributed by atoms with Crippen molar-refractivity contribution >= 4 is 0 Å². The third-order valence-electron chi connectivity index (χ3n) is 10.5. The first-order valence-corrected chi connectivity index (χ1v) is 12.8. The zero-order chi connectivity index (χ0) is 21.9. The molecule has 0 saturated heterocycles. The van der Waals surface area contributed by atoms with Gasteiger partial charge in [-0.05, 0) is 115 Å². The van der Waals surface area contributed by atoms with Gasteiger partial charge in [0.1, 0.15) is 0 Å². The number of aromatic hydroxyl groups is 2. The molecule has 4 aliphatic rings. The molecule has 2 heteroatoms. The lowest BCUT2D eigenvalue weighted by molar-refractivity contribution is -0.139. The summed E-state index contributed by atoms with van der Waals surface area (Å²) >= 11 is 0. The first-order valence-electron chi connectivity index (χ1n) is 12.8. The van der Waals surface area contributed by atoms with Crippen molar-refractivity contribution in [2.75, 3.05) is 0 Å². The van der Waals surface area contributed by atoms with Gasteiger partial charge in [0, 0.05) is 0 Å². The number of fused-ring (bicyclic) bond motifs is 7. The van der Waals surface area contributed by atoms with Crippen molar-refractivity contribution < 1.29 is 10.2 Å². The summed E-state index contributed by atoms with van der Waals surface area (Å²) in [6.45, 7) is 13.7. The van der Waals surface area contributed by atoms with E-state index in [0.29, 0.717) is 16.7 Å². The number of hydrogen-bond donors (Lipinski definition) is 2. The van der Waals surface area contributed by atoms with E-state index in [1.165, 1.54) is 68.9 Å². The Morgan fingerprint density at radius 1 is 0.867 bits per heavy atom. The monoisotopic (exact) mass is 412 g/mol. The van der Waals surface area contributed by atoms with Crippen LogP contribution in [0.15, 0.2) is 6.07 Å². The maximum absolute atomic E-state index is 10.4. The van der Waals surface area contributed by atoms with E-state index >= 15 is 0 Å². The second kappa shape index (κ2) is 7.45. The Kier molecular flexibility index (Phi) is 5.47. The molecule has 168 valence electrons. The third kappa shape index (κ3) is 2.88. The summed E-state index contributed by atoms with van der Waals surface area (Å²) in [5.41, 5.74) is 4.71. The van der Waals surface area contributed by atoms with E-state index in [-0.39, 0.29) is 16.9 Å². The molecule has 3 saturated carbocycles. The first-order chi connectivity index (χ1) is 14.2. The van der Waals surface area contributed by atoms with Gasteiger partial charge < -0.3 is 10.2 Å². The van der Waals surface area contributed by atoms with E-state index in [1.807, 2.05) is 26.8 Å². The van der Waals surface area contributed by atoms with Crippen molar-refractivity contribution in [3.63, 3.8) is 0 Å². The van der Waals surface area contributed by atoms with Crippen molar-refractivity contribution in [2.24, 2.45) is 28.6 Å². The lowest BCUT2D eigenvalue weighted by atomic mass is 9.39. The van der Waals surface area contributed by atoms with E-state index in [0.717, 1.165) is 23.8 Å². The van der Waals surface area contributed by atoms with Crippen LogP contribution < -0.4 is 0 Å². The van der Waals surface area contributed by atoms with E-state index < -0.39 is 0 Å². The highest BCUT2D eigenvalue weighted by molar-refractivity contribution is 5.56. The van der Waals surface area contributed by atoms with Gasteiger partial charge >= 0.3 is 0 Å². The third-order valence-corrected chi connectivity index (χ3v) is 10.5. The second-order valence-electron chi connectivity index (χ2n) is 11.6. The van der Waals surface area contributed by atoms with Crippen molar-refractivity contribution in [3.05, 3.63) is 22.8 Å². The SMILES string of the molecule is CC.Cc1c(O)c(O)cc2c1CCC1C2(C)CCC2C3CCCCC3(C)CCC21C. The molecule has 2 N–H and O–H groups in total. The fourth-order valence-corrected chi connectivity index (χ4v) is 8.87. The van der Waals surface area contributed by atoms with Gasteiger partial charge in [-0.1, -0.05) is 47.5 Å². The molecule has 3 fully saturated rings. The number of phenols is 2. The van der Waals surface area contributed by atoms with Gasteiger partial charge in [-0.3, -0.25) is 0 Å². The number of phenolic OH excluding ortho intramolecular Hbond substituents is 2. The van der Waals surface area contributed by atoms with Gasteiger partial charge in [-0.25, -0.2) is 0 Å². The Balaban J connectivity index is 0.00000106. The number of rotatable bonds is 0. The number of benzene rings is 1. The fraction of sp³-hybridized carbons (Fsp3) is 0.786. The molecule has 0 bridgehead atoms. The molecule has 0 spiro atoms. The van der Waals surface area contributed by atoms with Crippen LogP contribution >= 0.6 is 0 Å². The van der Waals surface area contributed by atoms with Crippen LogP contribution in [0.1, 0.15) is 109 Å². The van der Waals surface area contributed by atoms with Crippen LogP contribution in [0.5, 0.6) is 11.5 Å². The molecule has 1 aromatic rings. The summed E-state index contributed by atoms with van der Waals surface area (Å²) in [5.74, 6) is 2.66. The first kappa shape index (κ1) is 22.0. The molecule has 30 heavy (non-hydrogen) atoms. The lowest BCUT2D eigenvalue weighted by Gasteiger charge is -2.66. The van der Waals surface area contributed by atoms with Crippen LogP contribution in [0.2, 0.25) is 0 Å². The summed E-state index contributed by atoms with van der Waals surface area (Å²) in [6.07, 6.45) is 13.4. The topological polar surface area (TPSA) is 40.5 Å². The zero-order valence-electron chi connectivity index (χ0n) is 20.3. The minimum atomic E-state index is 0.0777. The molecule has 0 amide bonds. The highest BCUT2D eigenvalue weighted by Gasteiger charge is 2.61. The van der Waals surface area contributed by atoms with E-state index in [4.69, 9.17) is 0 Å². The largest absolute Gasteiger partial charge is 0.504 e. The Morgan fingerprint density at radius 3 is 2.33 bits per heavy atom. The van der Waals surface area contributed by atoms with Gasteiger partial charge in [-0.15, -0.1) is 0 Å². The second-order valence-corrected chi connectivity index (χ2v) is 11.6. The Hall–Kier alpha value is -1.18. The molecule has 1 aromatic carbocycles. The summed E-state index contributed by atoms with van der Waals surface area (Å²) in [7, 11) is 0. The minimum absolute atomic E-state index is 0.0777. The van der Waals surface area contributed by atoms with Crippen LogP contribution in [0.3, 0.4) is 0 Å². The smallest absolute Gasteiger partial charge is 0.160 e. The normalized spacial score (nSPS) is 42.0. The van der Waals surface area contributed by atoms with Crippen LogP contribution in [-0.4, -0.2) is 10.2 Å². The average molecular weight is 413 g/mol. The van der Waals surface area contributed by atoms with Crippen molar-refractivity contribution in [1.82, 2.24) is 0 Å². The summed E-state index contributed by atoms with van der Waals surface area (Å²) in [5, 5.41) is 20.7. The Morgan fingerprint density at radius 2 is 1.60 bits per heavy atom. The Bertz CT molecular complexity index is 813. The van der Waals surface area contributed by atoms with Gasteiger partial charge in [0.15, 0.2) is 11.5 Å². The lowest BCUT2D eigenvalue weighted by Crippen LogP contribution is -2.59. The molecule has 5 rings (SSSR count). The predicted octanol–water partition coefficient (Wildman–Crippen LogP) is 7.66. The highest BCUT2D eigenvalue weighted by atomic mass is 16.3. The molecule has 0 heterocycles. The zero-order valence-corrected chi connectivity index (χ0v) is 20.3. The summed E-state index contributed by atoms with van der Waals surface area (Å²) < 4.78 is 0. The molecule has 0 aromatic heterocycles. The van der Waals surface area contributed by atoms with Crippen LogP contribution in [0, 0.1) is 35.5 Å². The maximum atomic E-state index is 10.4. The molecular weight excluding hydrogens is 368 g/mol. The van der Waals surface area contributed by atoms with Gasteiger partial charge in [0.2, 0.25) is 0 Å². The summed E-state index contributed by atoms with van der Waals surface area (Å²) in [4.78, 5) is 0. The van der Waals surface area contributed by atoms with E-state index in [2.05, 4.69) is 20.8 Å². The maximum Gasteiger partial charge on any atom is 0.160 e. The van der Waals surface area contributed by atoms with Gasteiger partial charge in [0.05, 0.1) is 0 Å². The van der Waals surface area contributed by atoms with Crippen LogP contribution in [0.4, 0.5) is 0 Å². The number of hydrogen-bond acceptors (Lipinski definition) is 2. The predicted molar refractivity (Wildman–Crippen MR) is 125 cm³/mol. The van der Waals surface area contributed by atoms with E-state index in [9.17, 15) is 10.2 Å². The molecule has 6 atom stereocenters. The fourth-order valence-electron chi connectivity index (χ4n) is 8.87. The summed E-state index contributed by atoms with van der Waals surface area (Å²) in [6, 6.07) is 1.92. The Labute approximate surface area is 184 Å². The van der Waals surface area contributed by atoms with Gasteiger partial charge in [0.25, 0.3) is 0 Å². The van der Waals surface area contributed by atoms with Crippen LogP contribution in [-0.2, 0) is 11.8 Å².